The number of hydrogen-bond donors (Lipinski definition) is 1. The monoisotopic (exact) mass is 596 g/mol. The van der Waals surface area contributed by atoms with Crippen LogP contribution >= 0.6 is 15.9 Å². The molecule has 1 aliphatic carbocycles. The highest BCUT2D eigenvalue weighted by atomic mass is 127. The summed E-state index contributed by atoms with van der Waals surface area (Å²) in [6.07, 6.45) is 8.67. The number of quaternary nitrogens is 1. The Kier molecular flexibility index (Phi) is 8.21. The van der Waals surface area contributed by atoms with Crippen LogP contribution in [0.5, 0.6) is 5.75 Å². The average Bonchev–Trinajstić information content (AvgIpc) is 2.75. The molecule has 0 bridgehead atoms. The summed E-state index contributed by atoms with van der Waals surface area (Å²) in [5.74, 6) is 0.685. The molecule has 1 N–H and O–H groups in total. The number of benzene rings is 2. The number of nitrogens with one attached hydrogen (secondary N) is 1. The van der Waals surface area contributed by atoms with Crippen molar-refractivity contribution < 1.29 is 38.0 Å². The molecule has 2 aromatic rings. The predicted octanol–water partition coefficient (Wildman–Crippen LogP) is 2.78. The number of ether oxygens (including phenoxy) is 1. The van der Waals surface area contributed by atoms with E-state index in [-0.39, 0.29) is 36.5 Å². The molecule has 1 aliphatic heterocycles. The molecule has 0 saturated heterocycles. The van der Waals surface area contributed by atoms with Crippen molar-refractivity contribution in [3.05, 3.63) is 63.6 Å². The van der Waals surface area contributed by atoms with E-state index in [1.165, 1.54) is 37.7 Å². The van der Waals surface area contributed by atoms with Crippen LogP contribution in [0.1, 0.15) is 43.2 Å². The van der Waals surface area contributed by atoms with E-state index < -0.39 is 0 Å². The zero-order chi connectivity index (χ0) is 21.1. The van der Waals surface area contributed by atoms with Crippen molar-refractivity contribution in [1.29, 1.82) is 0 Å². The molecule has 1 saturated carbocycles. The third-order valence-corrected chi connectivity index (χ3v) is 6.83. The maximum atomic E-state index is 12.7. The minimum absolute atomic E-state index is 0. The molecule has 1 heterocycles. The summed E-state index contributed by atoms with van der Waals surface area (Å²) >= 11 is 3.47. The Morgan fingerprint density at radius 3 is 2.52 bits per heavy atom. The Labute approximate surface area is 210 Å². The van der Waals surface area contributed by atoms with Gasteiger partial charge in [-0.1, -0.05) is 34.5 Å². The summed E-state index contributed by atoms with van der Waals surface area (Å²) in [6, 6.07) is 14.8. The number of hydrogen-bond acceptors (Lipinski definition) is 2. The van der Waals surface area contributed by atoms with Gasteiger partial charge in [0, 0.05) is 21.3 Å². The van der Waals surface area contributed by atoms with E-state index in [9.17, 15) is 4.79 Å². The van der Waals surface area contributed by atoms with Gasteiger partial charge in [0.15, 0.2) is 0 Å². The Bertz CT molecular complexity index is 950. The highest BCUT2D eigenvalue weighted by molar-refractivity contribution is 9.10. The van der Waals surface area contributed by atoms with Gasteiger partial charge in [-0.3, -0.25) is 4.79 Å². The first kappa shape index (κ1) is 24.3. The lowest BCUT2D eigenvalue weighted by Crippen LogP contribution is -3.00. The summed E-state index contributed by atoms with van der Waals surface area (Å²) in [5.41, 5.74) is 3.66. The van der Waals surface area contributed by atoms with Crippen molar-refractivity contribution in [2.24, 2.45) is 0 Å². The Hall–Kier alpha value is -1.38. The van der Waals surface area contributed by atoms with Gasteiger partial charge < -0.3 is 38.5 Å². The maximum Gasteiger partial charge on any atom is 0.255 e. The fraction of sp³-hybridized carbons (Fsp3) is 0.400. The number of anilines is 1. The van der Waals surface area contributed by atoms with Crippen molar-refractivity contribution in [3.8, 4) is 5.75 Å². The minimum atomic E-state index is -0.119. The molecule has 1 fully saturated rings. The molecule has 0 unspecified atom stereocenters. The van der Waals surface area contributed by atoms with Crippen LogP contribution in [0.4, 0.5) is 5.69 Å². The summed E-state index contributed by atoms with van der Waals surface area (Å²) in [5, 5.41) is 3.01. The maximum absolute atomic E-state index is 12.7. The Morgan fingerprint density at radius 2 is 1.81 bits per heavy atom. The molecule has 0 radical (unpaired) electrons. The Balaban J connectivity index is 0.00000272. The normalized spacial score (nSPS) is 16.4. The first-order valence-corrected chi connectivity index (χ1v) is 11.6. The van der Waals surface area contributed by atoms with Gasteiger partial charge in [0.25, 0.3) is 5.91 Å². The van der Waals surface area contributed by atoms with Crippen LogP contribution in [0.15, 0.2) is 52.5 Å². The van der Waals surface area contributed by atoms with Gasteiger partial charge >= 0.3 is 0 Å². The van der Waals surface area contributed by atoms with E-state index in [0.717, 1.165) is 38.5 Å². The van der Waals surface area contributed by atoms with Crippen LogP contribution in [0, 0.1) is 0 Å². The molecule has 31 heavy (non-hydrogen) atoms. The number of amides is 1. The van der Waals surface area contributed by atoms with E-state index in [2.05, 4.69) is 47.5 Å². The fourth-order valence-electron chi connectivity index (χ4n) is 4.56. The molecular weight excluding hydrogens is 567 g/mol. The molecule has 4 rings (SSSR count). The van der Waals surface area contributed by atoms with Gasteiger partial charge in [0.1, 0.15) is 18.9 Å². The van der Waals surface area contributed by atoms with E-state index in [1.807, 2.05) is 36.4 Å². The SMILES string of the molecule is C[N+](C)(Cc1ccc(NC(=O)C2=Cc3cc(Br)ccc3OC2)cc1)C1CCCCC1.[I-]. The van der Waals surface area contributed by atoms with E-state index in [1.54, 1.807) is 0 Å². The van der Waals surface area contributed by atoms with Crippen molar-refractivity contribution in [3.63, 3.8) is 0 Å². The predicted molar refractivity (Wildman–Crippen MR) is 125 cm³/mol. The smallest absolute Gasteiger partial charge is 0.255 e. The molecule has 6 heteroatoms. The van der Waals surface area contributed by atoms with Gasteiger partial charge in [-0.15, -0.1) is 0 Å². The van der Waals surface area contributed by atoms with Crippen LogP contribution in [0.25, 0.3) is 6.08 Å². The van der Waals surface area contributed by atoms with Gasteiger partial charge in [-0.25, -0.2) is 0 Å². The molecule has 2 aromatic carbocycles. The van der Waals surface area contributed by atoms with Gasteiger partial charge in [-0.2, -0.15) is 0 Å². The molecule has 0 atom stereocenters. The summed E-state index contributed by atoms with van der Waals surface area (Å²) in [6.45, 7) is 1.30. The number of nitrogens with zero attached hydrogens (tertiary/aromatic N) is 1. The van der Waals surface area contributed by atoms with Crippen molar-refractivity contribution >= 4 is 33.6 Å². The molecule has 0 spiro atoms. The third kappa shape index (κ3) is 6.11. The standard InChI is InChI=1S/C25H29BrN2O2.HI/c1-28(2,23-6-4-3-5-7-23)16-18-8-11-22(12-9-18)27-25(29)20-14-19-15-21(26)10-13-24(19)30-17-20;/h8-15,23H,3-7,16-17H2,1-2H3;1H. The largest absolute Gasteiger partial charge is 1.00 e. The number of halogens is 2. The van der Waals surface area contributed by atoms with Crippen LogP contribution < -0.4 is 34.0 Å². The number of carbonyl (C=O) groups is 1. The molecular formula is C25H30BrIN2O2. The highest BCUT2D eigenvalue weighted by Crippen LogP contribution is 2.30. The van der Waals surface area contributed by atoms with Crippen LogP contribution in [0.3, 0.4) is 0 Å². The van der Waals surface area contributed by atoms with Crippen molar-refractivity contribution in [1.82, 2.24) is 0 Å². The van der Waals surface area contributed by atoms with Gasteiger partial charge in [0.2, 0.25) is 0 Å². The highest BCUT2D eigenvalue weighted by Gasteiger charge is 2.29. The number of fused-ring (bicyclic) bond motifs is 1. The second kappa shape index (κ2) is 10.5. The molecule has 2 aliphatic rings. The van der Waals surface area contributed by atoms with E-state index in [0.29, 0.717) is 5.57 Å². The molecule has 0 aromatic heterocycles. The van der Waals surface area contributed by atoms with Crippen molar-refractivity contribution in [2.45, 2.75) is 44.7 Å². The Morgan fingerprint density at radius 1 is 1.10 bits per heavy atom. The third-order valence-electron chi connectivity index (χ3n) is 6.34. The second-order valence-corrected chi connectivity index (χ2v) is 9.94. The average molecular weight is 597 g/mol. The van der Waals surface area contributed by atoms with Gasteiger partial charge in [-0.05, 0) is 62.1 Å². The van der Waals surface area contributed by atoms with Gasteiger partial charge in [0.05, 0.1) is 25.7 Å². The topological polar surface area (TPSA) is 38.3 Å². The summed E-state index contributed by atoms with van der Waals surface area (Å²) < 4.78 is 7.73. The minimum Gasteiger partial charge on any atom is -1.00 e. The molecule has 4 nitrogen and oxygen atoms in total. The first-order valence-electron chi connectivity index (χ1n) is 10.8. The van der Waals surface area contributed by atoms with Crippen LogP contribution in [0.2, 0.25) is 0 Å². The zero-order valence-electron chi connectivity index (χ0n) is 18.2. The lowest BCUT2D eigenvalue weighted by Gasteiger charge is -2.40. The lowest BCUT2D eigenvalue weighted by molar-refractivity contribution is -0.929. The van der Waals surface area contributed by atoms with E-state index >= 15 is 0 Å². The van der Waals surface area contributed by atoms with Crippen LogP contribution in [-0.4, -0.2) is 37.1 Å². The summed E-state index contributed by atoms with van der Waals surface area (Å²) in [4.78, 5) is 12.7. The van der Waals surface area contributed by atoms with E-state index in [4.69, 9.17) is 4.74 Å². The quantitative estimate of drug-likeness (QED) is 0.426. The molecule has 1 amide bonds. The van der Waals surface area contributed by atoms with Crippen LogP contribution in [-0.2, 0) is 11.3 Å². The fourth-order valence-corrected chi connectivity index (χ4v) is 4.94. The number of carbonyl (C=O) groups excluding carboxylic acids is 1. The lowest BCUT2D eigenvalue weighted by atomic mass is 9.92. The summed E-state index contributed by atoms with van der Waals surface area (Å²) in [7, 11) is 4.69. The zero-order valence-corrected chi connectivity index (χ0v) is 21.9. The first-order chi connectivity index (χ1) is 14.4. The van der Waals surface area contributed by atoms with Crippen molar-refractivity contribution in [2.75, 3.05) is 26.0 Å². The second-order valence-electron chi connectivity index (χ2n) is 9.02. The molecule has 166 valence electrons. The number of rotatable bonds is 5.